The summed E-state index contributed by atoms with van der Waals surface area (Å²) in [6, 6.07) is 17.3. The number of amides is 2. The zero-order valence-electron chi connectivity index (χ0n) is 17.9. The summed E-state index contributed by atoms with van der Waals surface area (Å²) in [6.45, 7) is 1.36. The molecular formula is C25H18Cl2FN3O3. The van der Waals surface area contributed by atoms with Crippen molar-refractivity contribution in [3.05, 3.63) is 93.2 Å². The van der Waals surface area contributed by atoms with Gasteiger partial charge in [0.15, 0.2) is 6.61 Å². The van der Waals surface area contributed by atoms with Gasteiger partial charge in [-0.05, 0) is 60.5 Å². The fourth-order valence-electron chi connectivity index (χ4n) is 2.86. The van der Waals surface area contributed by atoms with Crippen LogP contribution in [0.15, 0.2) is 66.2 Å². The minimum absolute atomic E-state index is 0.0398. The van der Waals surface area contributed by atoms with Crippen molar-refractivity contribution in [1.29, 1.82) is 5.26 Å². The molecule has 3 aromatic carbocycles. The Hall–Kier alpha value is -3.86. The smallest absolute Gasteiger partial charge is 0.266 e. The van der Waals surface area contributed by atoms with Gasteiger partial charge in [-0.2, -0.15) is 5.26 Å². The number of hydrogen-bond donors (Lipinski definition) is 2. The molecule has 0 saturated carbocycles. The zero-order chi connectivity index (χ0) is 24.7. The number of nitrogens with one attached hydrogen (secondary N) is 2. The fourth-order valence-corrected chi connectivity index (χ4v) is 3.28. The summed E-state index contributed by atoms with van der Waals surface area (Å²) in [5, 5.41) is 15.2. The number of carbonyl (C=O) groups is 2. The lowest BCUT2D eigenvalue weighted by Gasteiger charge is -2.10. The van der Waals surface area contributed by atoms with Gasteiger partial charge in [0.05, 0.1) is 10.7 Å². The third-order valence-corrected chi connectivity index (χ3v) is 5.36. The molecule has 0 atom stereocenters. The van der Waals surface area contributed by atoms with Crippen molar-refractivity contribution in [2.75, 3.05) is 17.2 Å². The van der Waals surface area contributed by atoms with Crippen LogP contribution in [0.1, 0.15) is 11.1 Å². The molecule has 0 saturated heterocycles. The average Bonchev–Trinajstić information content (AvgIpc) is 2.81. The summed E-state index contributed by atoms with van der Waals surface area (Å²) in [5.41, 5.74) is 1.54. The van der Waals surface area contributed by atoms with E-state index in [1.165, 1.54) is 36.4 Å². The lowest BCUT2D eigenvalue weighted by Crippen LogP contribution is -2.20. The summed E-state index contributed by atoms with van der Waals surface area (Å²) in [5.74, 6) is -1.52. The van der Waals surface area contributed by atoms with Crippen LogP contribution in [-0.2, 0) is 9.59 Å². The van der Waals surface area contributed by atoms with Gasteiger partial charge in [-0.25, -0.2) is 4.39 Å². The van der Waals surface area contributed by atoms with E-state index in [4.69, 9.17) is 27.9 Å². The monoisotopic (exact) mass is 497 g/mol. The van der Waals surface area contributed by atoms with Gasteiger partial charge in [-0.1, -0.05) is 47.5 Å². The molecule has 0 aromatic heterocycles. The first kappa shape index (κ1) is 24.8. The van der Waals surface area contributed by atoms with E-state index in [1.54, 1.807) is 37.3 Å². The van der Waals surface area contributed by atoms with Gasteiger partial charge in [-0.3, -0.25) is 9.59 Å². The highest BCUT2D eigenvalue weighted by atomic mass is 35.5. The van der Waals surface area contributed by atoms with Crippen molar-refractivity contribution in [2.45, 2.75) is 6.92 Å². The third-order valence-electron chi connectivity index (χ3n) is 4.65. The quantitative estimate of drug-likeness (QED) is 0.309. The molecule has 0 bridgehead atoms. The largest absolute Gasteiger partial charge is 0.482 e. The number of ether oxygens (including phenoxy) is 1. The number of anilines is 2. The maximum atomic E-state index is 13.6. The molecule has 3 aromatic rings. The first-order valence-corrected chi connectivity index (χ1v) is 10.7. The highest BCUT2D eigenvalue weighted by Crippen LogP contribution is 2.27. The highest BCUT2D eigenvalue weighted by Gasteiger charge is 2.13. The highest BCUT2D eigenvalue weighted by molar-refractivity contribution is 6.32. The maximum Gasteiger partial charge on any atom is 0.266 e. The fraction of sp³-hybridized carbons (Fsp3) is 0.0800. The van der Waals surface area contributed by atoms with Crippen molar-refractivity contribution < 1.29 is 18.7 Å². The number of halogens is 3. The second-order valence-corrected chi connectivity index (χ2v) is 7.86. The Morgan fingerprint density at radius 1 is 1.03 bits per heavy atom. The Morgan fingerprint density at radius 3 is 2.47 bits per heavy atom. The van der Waals surface area contributed by atoms with Crippen LogP contribution in [0.25, 0.3) is 6.08 Å². The number of nitrogens with zero attached hydrogens (tertiary/aromatic N) is 1. The van der Waals surface area contributed by atoms with E-state index >= 15 is 0 Å². The van der Waals surface area contributed by atoms with Gasteiger partial charge >= 0.3 is 0 Å². The number of hydrogen-bond acceptors (Lipinski definition) is 4. The number of rotatable bonds is 7. The molecule has 3 rings (SSSR count). The second kappa shape index (κ2) is 11.3. The molecule has 172 valence electrons. The van der Waals surface area contributed by atoms with E-state index in [0.717, 1.165) is 0 Å². The molecule has 2 amide bonds. The summed E-state index contributed by atoms with van der Waals surface area (Å²) < 4.78 is 19.0. The first-order chi connectivity index (χ1) is 16.3. The lowest BCUT2D eigenvalue weighted by molar-refractivity contribution is -0.118. The molecule has 34 heavy (non-hydrogen) atoms. The summed E-state index contributed by atoms with van der Waals surface area (Å²) in [4.78, 5) is 24.6. The normalized spacial score (nSPS) is 10.9. The predicted molar refractivity (Wildman–Crippen MR) is 130 cm³/mol. The Balaban J connectivity index is 1.66. The van der Waals surface area contributed by atoms with Crippen LogP contribution in [-0.4, -0.2) is 18.4 Å². The lowest BCUT2D eigenvalue weighted by atomic mass is 10.1. The van der Waals surface area contributed by atoms with E-state index in [0.29, 0.717) is 21.8 Å². The van der Waals surface area contributed by atoms with E-state index in [1.807, 2.05) is 6.07 Å². The molecular weight excluding hydrogens is 480 g/mol. The summed E-state index contributed by atoms with van der Waals surface area (Å²) >= 11 is 12.3. The topological polar surface area (TPSA) is 91.2 Å². The molecule has 0 unspecified atom stereocenters. The van der Waals surface area contributed by atoms with Gasteiger partial charge in [0.2, 0.25) is 0 Å². The molecule has 0 aliphatic heterocycles. The third kappa shape index (κ3) is 6.35. The minimum atomic E-state index is -0.603. The van der Waals surface area contributed by atoms with Crippen molar-refractivity contribution in [3.63, 3.8) is 0 Å². The molecule has 0 heterocycles. The molecule has 6 nitrogen and oxygen atoms in total. The number of nitriles is 1. The van der Waals surface area contributed by atoms with Gasteiger partial charge in [0, 0.05) is 10.7 Å². The molecule has 0 aliphatic carbocycles. The zero-order valence-corrected chi connectivity index (χ0v) is 19.4. The molecule has 0 radical (unpaired) electrons. The van der Waals surface area contributed by atoms with Crippen LogP contribution in [0.2, 0.25) is 10.0 Å². The standard InChI is InChI=1S/C25H18Cl2FN3O3/c1-15-18(26)5-4-8-21(15)31-25(33)17(13-29)11-16-9-10-23(19(27)12-16)34-14-24(32)30-22-7-3-2-6-20(22)28/h2-12H,14H2,1H3,(H,30,32)(H,31,33)/b17-11-. The molecule has 0 aliphatic rings. The Bertz CT molecular complexity index is 1320. The Labute approximate surface area is 205 Å². The van der Waals surface area contributed by atoms with E-state index < -0.39 is 24.2 Å². The van der Waals surface area contributed by atoms with Crippen LogP contribution in [0.4, 0.5) is 15.8 Å². The van der Waals surface area contributed by atoms with Crippen LogP contribution in [0.5, 0.6) is 5.75 Å². The van der Waals surface area contributed by atoms with Crippen molar-refractivity contribution in [2.24, 2.45) is 0 Å². The number of para-hydroxylation sites is 1. The molecule has 9 heteroatoms. The van der Waals surface area contributed by atoms with Gasteiger partial charge in [0.1, 0.15) is 23.2 Å². The van der Waals surface area contributed by atoms with Crippen molar-refractivity contribution >= 4 is 52.5 Å². The van der Waals surface area contributed by atoms with Crippen LogP contribution in [0, 0.1) is 24.1 Å². The first-order valence-electron chi connectivity index (χ1n) is 9.93. The van der Waals surface area contributed by atoms with Gasteiger partial charge < -0.3 is 15.4 Å². The van der Waals surface area contributed by atoms with Crippen LogP contribution >= 0.6 is 23.2 Å². The number of carbonyl (C=O) groups excluding carboxylic acids is 2. The van der Waals surface area contributed by atoms with Gasteiger partial charge in [-0.15, -0.1) is 0 Å². The molecule has 2 N–H and O–H groups in total. The molecule has 0 spiro atoms. The minimum Gasteiger partial charge on any atom is -0.482 e. The predicted octanol–water partition coefficient (Wildman–Crippen LogP) is 6.00. The van der Waals surface area contributed by atoms with E-state index in [2.05, 4.69) is 10.6 Å². The second-order valence-electron chi connectivity index (χ2n) is 7.04. The maximum absolute atomic E-state index is 13.6. The van der Waals surface area contributed by atoms with Gasteiger partial charge in [0.25, 0.3) is 11.8 Å². The molecule has 0 fully saturated rings. The summed E-state index contributed by atoms with van der Waals surface area (Å²) in [7, 11) is 0. The number of benzene rings is 3. The summed E-state index contributed by atoms with van der Waals surface area (Å²) in [6.07, 6.45) is 1.37. The average molecular weight is 498 g/mol. The van der Waals surface area contributed by atoms with E-state index in [9.17, 15) is 19.2 Å². The van der Waals surface area contributed by atoms with Crippen molar-refractivity contribution in [1.82, 2.24) is 0 Å². The van der Waals surface area contributed by atoms with Crippen LogP contribution < -0.4 is 15.4 Å². The Morgan fingerprint density at radius 2 is 1.76 bits per heavy atom. The Kier molecular flexibility index (Phi) is 8.25. The van der Waals surface area contributed by atoms with Crippen LogP contribution in [0.3, 0.4) is 0 Å². The van der Waals surface area contributed by atoms with Crippen molar-refractivity contribution in [3.8, 4) is 11.8 Å². The van der Waals surface area contributed by atoms with E-state index in [-0.39, 0.29) is 22.0 Å². The SMILES string of the molecule is Cc1c(Cl)cccc1NC(=O)/C(C#N)=C\c1ccc(OCC(=O)Nc2ccccc2F)c(Cl)c1.